The molecule has 0 unspecified atom stereocenters. The third-order valence-corrected chi connectivity index (χ3v) is 28.5. The van der Waals surface area contributed by atoms with Crippen molar-refractivity contribution in [2.75, 3.05) is 39.6 Å². The molecular formula is C105H198O8. The average Bonchev–Trinajstić information content (AvgIpc) is 1.64. The highest BCUT2D eigenvalue weighted by Gasteiger charge is 2.60. The van der Waals surface area contributed by atoms with Crippen molar-refractivity contribution in [1.82, 2.24) is 0 Å². The molecule has 0 aromatic carbocycles. The molecule has 0 radical (unpaired) electrons. The van der Waals surface area contributed by atoms with Gasteiger partial charge in [0, 0.05) is 44.9 Å². The molecule has 0 aromatic rings. The van der Waals surface area contributed by atoms with Gasteiger partial charge in [-0.15, -0.1) is 0 Å². The second-order valence-corrected chi connectivity index (χ2v) is 38.4. The number of carbonyl (C=O) groups excluding carboxylic acids is 2. The molecule has 0 heterocycles. The van der Waals surface area contributed by atoms with Gasteiger partial charge in [0.2, 0.25) is 0 Å². The van der Waals surface area contributed by atoms with Crippen molar-refractivity contribution in [2.24, 2.45) is 28.6 Å². The summed E-state index contributed by atoms with van der Waals surface area (Å²) in [6.45, 7) is 19.9. The van der Waals surface area contributed by atoms with Gasteiger partial charge in [0.25, 0.3) is 0 Å². The Balaban J connectivity index is 1.63. The van der Waals surface area contributed by atoms with Crippen LogP contribution in [0, 0.1) is 28.6 Å². The predicted octanol–water partition coefficient (Wildman–Crippen LogP) is 33.4. The van der Waals surface area contributed by atoms with Gasteiger partial charge in [0.1, 0.15) is 24.4 Å². The summed E-state index contributed by atoms with van der Waals surface area (Å²) < 4.78 is 43.9. The number of hydrogen-bond donors (Lipinski definition) is 0. The monoisotopic (exact) mass is 1590 g/mol. The maximum Gasteiger partial charge on any atom is 0.338 e. The molecule has 0 amide bonds. The summed E-state index contributed by atoms with van der Waals surface area (Å²) in [5, 5.41) is 0. The Kier molecular flexibility index (Phi) is 67.6. The van der Waals surface area contributed by atoms with Gasteiger partial charge in [-0.25, -0.2) is 4.79 Å². The molecule has 113 heavy (non-hydrogen) atoms. The summed E-state index contributed by atoms with van der Waals surface area (Å²) in [7, 11) is 0. The summed E-state index contributed by atoms with van der Waals surface area (Å²) in [5.74, 6) is 1.72. The van der Waals surface area contributed by atoms with Gasteiger partial charge in [-0.2, -0.15) is 0 Å². The molecule has 0 N–H and O–H groups in total. The van der Waals surface area contributed by atoms with Crippen LogP contribution in [0.2, 0.25) is 0 Å². The lowest BCUT2D eigenvalue weighted by Gasteiger charge is -2.57. The minimum Gasteiger partial charge on any atom is -0.460 e. The number of esters is 1. The second-order valence-electron chi connectivity index (χ2n) is 38.4. The first-order valence-electron chi connectivity index (χ1n) is 52.2. The van der Waals surface area contributed by atoms with Crippen molar-refractivity contribution in [3.05, 3.63) is 11.6 Å². The summed E-state index contributed by atoms with van der Waals surface area (Å²) in [5.41, 5.74) is 1.40. The van der Waals surface area contributed by atoms with E-state index in [2.05, 4.69) is 48.5 Å². The molecule has 3 saturated carbocycles. The Morgan fingerprint density at radius 1 is 0.327 bits per heavy atom. The molecular weight excluding hydrogens is 1390 g/mol. The molecule has 8 nitrogen and oxygen atoms in total. The average molecular weight is 1590 g/mol. The van der Waals surface area contributed by atoms with Crippen LogP contribution in [0.3, 0.4) is 0 Å². The Morgan fingerprint density at radius 3 is 0.973 bits per heavy atom. The van der Waals surface area contributed by atoms with E-state index < -0.39 is 24.4 Å². The number of rotatable bonds is 86. The number of unbranched alkanes of at least 4 members (excludes halogenated alkanes) is 65. The van der Waals surface area contributed by atoms with Crippen molar-refractivity contribution in [3.63, 3.8) is 0 Å². The van der Waals surface area contributed by atoms with E-state index in [1.165, 1.54) is 397 Å². The minimum absolute atomic E-state index is 0.0964. The first-order chi connectivity index (χ1) is 55.7. The van der Waals surface area contributed by atoms with Gasteiger partial charge < -0.3 is 28.4 Å². The zero-order valence-corrected chi connectivity index (χ0v) is 77.4. The highest BCUT2D eigenvalue weighted by atomic mass is 16.6. The Hall–Kier alpha value is -1.32. The largest absolute Gasteiger partial charge is 0.460 e. The highest BCUT2D eigenvalue weighted by molar-refractivity contribution is 5.91. The zero-order chi connectivity index (χ0) is 80.7. The molecule has 4 rings (SSSR count). The van der Waals surface area contributed by atoms with Gasteiger partial charge in [0.05, 0.1) is 6.61 Å². The molecule has 4 aliphatic carbocycles. The van der Waals surface area contributed by atoms with E-state index in [0.717, 1.165) is 103 Å². The molecule has 4 aliphatic rings. The summed E-state index contributed by atoms with van der Waals surface area (Å²) in [4.78, 5) is 29.1. The van der Waals surface area contributed by atoms with Crippen LogP contribution in [0.1, 0.15) is 549 Å². The Labute approximate surface area is 705 Å². The Bertz CT molecular complexity index is 2130. The number of allylic oxidation sites excluding steroid dienone is 1. The van der Waals surface area contributed by atoms with E-state index in [1.807, 2.05) is 6.08 Å². The Morgan fingerprint density at radius 2 is 0.628 bits per heavy atom. The number of hydrogen-bond acceptors (Lipinski definition) is 8. The van der Waals surface area contributed by atoms with Crippen LogP contribution in [0.25, 0.3) is 0 Å². The zero-order valence-electron chi connectivity index (χ0n) is 77.4. The van der Waals surface area contributed by atoms with Crippen molar-refractivity contribution in [1.29, 1.82) is 0 Å². The third-order valence-electron chi connectivity index (χ3n) is 28.5. The summed E-state index contributed by atoms with van der Waals surface area (Å²) >= 11 is 0. The first kappa shape index (κ1) is 104. The van der Waals surface area contributed by atoms with Crippen LogP contribution in [0.4, 0.5) is 0 Å². The maximum absolute atomic E-state index is 16.2. The van der Waals surface area contributed by atoms with Crippen LogP contribution in [0.5, 0.6) is 0 Å². The molecule has 0 saturated heterocycles. The predicted molar refractivity (Wildman–Crippen MR) is 488 cm³/mol. The van der Waals surface area contributed by atoms with Crippen molar-refractivity contribution in [2.45, 2.75) is 580 Å². The fourth-order valence-corrected chi connectivity index (χ4v) is 20.9. The lowest BCUT2D eigenvalue weighted by Crippen LogP contribution is -2.55. The molecule has 0 aliphatic heterocycles. The SMILES string of the molecule is CCCCCCCCCCCCCCCCOC[C@@H](OCCCCCCCCCCCCCCCC)[C@@H](OCCCCCCCCCCCCCCCC)[C@H](OCCCCCCCCCCCCCCCC)[C@@H](OCCCCCCCCCCCCCCCC)C(=O)O[C@H]1CC[C@H]2[C@@H]3CCC4=CC(=O)CC[C@]4(C)[C@H]3CC[C@]12C. The summed E-state index contributed by atoms with van der Waals surface area (Å²) in [6, 6.07) is 0. The summed E-state index contributed by atoms with van der Waals surface area (Å²) in [6.07, 6.45) is 99.1. The lowest BCUT2D eigenvalue weighted by molar-refractivity contribution is -0.209. The van der Waals surface area contributed by atoms with Crippen molar-refractivity contribution >= 4 is 11.8 Å². The minimum atomic E-state index is -0.956. The molecule has 666 valence electrons. The topological polar surface area (TPSA) is 89.5 Å². The molecule has 8 heteroatoms. The van der Waals surface area contributed by atoms with Crippen LogP contribution in [-0.4, -0.2) is 81.9 Å². The highest BCUT2D eigenvalue weighted by Crippen LogP contribution is 2.66. The van der Waals surface area contributed by atoms with Crippen LogP contribution < -0.4 is 0 Å². The fraction of sp³-hybridized carbons (Fsp3) is 0.962. The number of fused-ring (bicyclic) bond motifs is 5. The van der Waals surface area contributed by atoms with Crippen LogP contribution in [-0.2, 0) is 38.0 Å². The van der Waals surface area contributed by atoms with Gasteiger partial charge in [0.15, 0.2) is 11.9 Å². The van der Waals surface area contributed by atoms with Gasteiger partial charge in [-0.3, -0.25) is 4.79 Å². The molecule has 0 bridgehead atoms. The second kappa shape index (κ2) is 73.4. The molecule has 3 fully saturated rings. The van der Waals surface area contributed by atoms with Crippen LogP contribution in [0.15, 0.2) is 11.6 Å². The van der Waals surface area contributed by atoms with Crippen molar-refractivity contribution < 1.29 is 38.0 Å². The van der Waals surface area contributed by atoms with Crippen LogP contribution >= 0.6 is 0 Å². The van der Waals surface area contributed by atoms with E-state index >= 15 is 4.79 Å². The van der Waals surface area contributed by atoms with E-state index in [-0.39, 0.29) is 22.9 Å². The third kappa shape index (κ3) is 49.4. The van der Waals surface area contributed by atoms with E-state index in [9.17, 15) is 4.79 Å². The van der Waals surface area contributed by atoms with Gasteiger partial charge in [-0.05, 0) is 106 Å². The van der Waals surface area contributed by atoms with Gasteiger partial charge >= 0.3 is 5.97 Å². The molecule has 0 spiro atoms. The normalized spacial score (nSPS) is 20.7. The smallest absolute Gasteiger partial charge is 0.338 e. The van der Waals surface area contributed by atoms with E-state index in [1.54, 1.807) is 0 Å². The van der Waals surface area contributed by atoms with E-state index in [4.69, 9.17) is 28.4 Å². The number of ether oxygens (including phenoxy) is 6. The molecule has 10 atom stereocenters. The lowest BCUT2D eigenvalue weighted by atomic mass is 9.47. The number of carbonyl (C=O) groups is 2. The van der Waals surface area contributed by atoms with E-state index in [0.29, 0.717) is 69.6 Å². The fourth-order valence-electron chi connectivity index (χ4n) is 20.9. The number of ketones is 1. The quantitative estimate of drug-likeness (QED) is 0.0440. The maximum atomic E-state index is 16.2. The van der Waals surface area contributed by atoms with Crippen molar-refractivity contribution in [3.8, 4) is 0 Å². The van der Waals surface area contributed by atoms with Gasteiger partial charge in [-0.1, -0.05) is 471 Å². The first-order valence-corrected chi connectivity index (χ1v) is 52.2. The standard InChI is InChI=1S/C105H198O8/c1-8-13-18-23-28-33-38-43-48-53-58-63-68-73-86-108-92-98(109-87-74-69-64-59-54-49-44-39-34-29-24-19-14-9-2)100(110-88-75-70-65-60-55-50-45-40-35-30-25-20-15-10-3)101(111-89-76-71-66-61-56-51-46-41-36-31-26-21-16-11-4)102(112-90-77-72-67-62-57-52-47-42-37-32-27-22-17-12-5)103(107)113-99-81-80-96-95-79-78-93-91-94(106)82-84-104(93,6)97(95)83-85-105(96,99)7/h91,95-102H,8-90,92H2,1-7H3/t95-,96-,97-,98+,99-,100+,101-,102+,104-,105-/m0/s1. The molecule has 0 aromatic heterocycles.